The van der Waals surface area contributed by atoms with Crippen LogP contribution in [0.4, 0.5) is 0 Å². The van der Waals surface area contributed by atoms with Crippen LogP contribution in [0.25, 0.3) is 0 Å². The third-order valence-corrected chi connectivity index (χ3v) is 0.942. The van der Waals surface area contributed by atoms with E-state index in [1.807, 2.05) is 0 Å². The molecule has 10 heavy (non-hydrogen) atoms. The summed E-state index contributed by atoms with van der Waals surface area (Å²) in [6.45, 7) is 5.75. The molecular weight excluding hydrogens is 168 g/mol. The maximum atomic E-state index is 8.25. The van der Waals surface area contributed by atoms with Crippen LogP contribution in [-0.2, 0) is 33.2 Å². The normalized spacial score (nSPS) is 20.5. The number of epoxide rings is 1. The fraction of sp³-hybridized carbons (Fsp3) is 0.667. The molecule has 1 aliphatic rings. The predicted molar refractivity (Wildman–Crippen MR) is 31.4 cm³/mol. The second-order valence-electron chi connectivity index (χ2n) is 1.78. The standard InChI is InChI=1S/C6H10O2.O.Ti/c1-2-3-7-4-6-5-8-6;;/h2,6H,1,3-5H2;;. The Hall–Kier alpha value is 0.174. The summed E-state index contributed by atoms with van der Waals surface area (Å²) in [5, 5.41) is 0. The molecule has 1 unspecified atom stereocenters. The van der Waals surface area contributed by atoms with Gasteiger partial charge in [-0.05, 0) is 0 Å². The third-order valence-electron chi connectivity index (χ3n) is 0.942. The van der Waals surface area contributed by atoms with Crippen LogP contribution < -0.4 is 0 Å². The summed E-state index contributed by atoms with van der Waals surface area (Å²) in [6.07, 6.45) is 2.12. The Balaban J connectivity index is 0.000000371. The summed E-state index contributed by atoms with van der Waals surface area (Å²) < 4.78 is 18.2. The average molecular weight is 178 g/mol. The van der Waals surface area contributed by atoms with Gasteiger partial charge in [0.05, 0.1) is 19.8 Å². The van der Waals surface area contributed by atoms with Gasteiger partial charge in [-0.3, -0.25) is 0 Å². The Morgan fingerprint density at radius 3 is 2.80 bits per heavy atom. The van der Waals surface area contributed by atoms with E-state index in [4.69, 9.17) is 12.8 Å². The van der Waals surface area contributed by atoms with Gasteiger partial charge in [-0.25, -0.2) is 0 Å². The molecule has 1 rings (SSSR count). The zero-order valence-corrected chi connectivity index (χ0v) is 7.27. The Bertz CT molecular complexity index is 93.0. The molecule has 1 heterocycles. The van der Waals surface area contributed by atoms with E-state index in [0.29, 0.717) is 12.7 Å². The van der Waals surface area contributed by atoms with Gasteiger partial charge in [-0.2, -0.15) is 0 Å². The molecule has 0 bridgehead atoms. The first-order chi connectivity index (χ1) is 4.93. The third kappa shape index (κ3) is 6.30. The van der Waals surface area contributed by atoms with Crippen LogP contribution >= 0.6 is 0 Å². The summed E-state index contributed by atoms with van der Waals surface area (Å²) in [5.41, 5.74) is 0. The van der Waals surface area contributed by atoms with Crippen molar-refractivity contribution in [3.8, 4) is 0 Å². The van der Waals surface area contributed by atoms with E-state index in [1.165, 1.54) is 0 Å². The minimum atomic E-state index is 0.384. The minimum absolute atomic E-state index is 0.384. The van der Waals surface area contributed by atoms with Gasteiger partial charge in [0.1, 0.15) is 6.10 Å². The van der Waals surface area contributed by atoms with E-state index < -0.39 is 0 Å². The Labute approximate surface area is 72.1 Å². The topological polar surface area (TPSA) is 38.8 Å². The number of rotatable bonds is 4. The molecule has 1 saturated heterocycles. The van der Waals surface area contributed by atoms with Crippen molar-refractivity contribution < 1.29 is 33.2 Å². The monoisotopic (exact) mass is 178 g/mol. The molecule has 0 aliphatic carbocycles. The first-order valence-electron chi connectivity index (χ1n) is 2.94. The molecule has 0 aromatic rings. The zero-order valence-electron chi connectivity index (χ0n) is 5.71. The van der Waals surface area contributed by atoms with Gasteiger partial charge in [0.2, 0.25) is 0 Å². The molecule has 0 N–H and O–H groups in total. The molecule has 0 amide bonds. The van der Waals surface area contributed by atoms with Crippen molar-refractivity contribution in [2.24, 2.45) is 0 Å². The molecular formula is C6H10O3Ti. The average Bonchev–Trinajstić information content (AvgIpc) is 2.77. The molecule has 1 aliphatic heterocycles. The van der Waals surface area contributed by atoms with Crippen molar-refractivity contribution in [3.63, 3.8) is 0 Å². The first kappa shape index (κ1) is 10.2. The second kappa shape index (κ2) is 7.28. The van der Waals surface area contributed by atoms with Gasteiger partial charge in [0, 0.05) is 0 Å². The number of hydrogen-bond acceptors (Lipinski definition) is 3. The van der Waals surface area contributed by atoms with E-state index in [-0.39, 0.29) is 0 Å². The molecule has 56 valence electrons. The van der Waals surface area contributed by atoms with Crippen molar-refractivity contribution in [3.05, 3.63) is 12.7 Å². The van der Waals surface area contributed by atoms with Crippen molar-refractivity contribution in [1.29, 1.82) is 0 Å². The van der Waals surface area contributed by atoms with Crippen molar-refractivity contribution in [2.45, 2.75) is 6.10 Å². The van der Waals surface area contributed by atoms with Gasteiger partial charge >= 0.3 is 23.7 Å². The number of ether oxygens (including phenoxy) is 2. The van der Waals surface area contributed by atoms with E-state index in [0.717, 1.165) is 33.6 Å². The van der Waals surface area contributed by atoms with Gasteiger partial charge in [0.25, 0.3) is 0 Å². The van der Waals surface area contributed by atoms with Gasteiger partial charge < -0.3 is 9.47 Å². The summed E-state index contributed by atoms with van der Waals surface area (Å²) in [4.78, 5) is 0. The summed E-state index contributed by atoms with van der Waals surface area (Å²) in [6, 6.07) is 0. The first-order valence-corrected chi connectivity index (χ1v) is 3.58. The summed E-state index contributed by atoms with van der Waals surface area (Å²) in [7, 11) is 0. The Morgan fingerprint density at radius 1 is 1.80 bits per heavy atom. The van der Waals surface area contributed by atoms with Crippen LogP contribution in [-0.4, -0.2) is 25.9 Å². The van der Waals surface area contributed by atoms with E-state index in [1.54, 1.807) is 6.08 Å². The van der Waals surface area contributed by atoms with Gasteiger partial charge in [-0.15, -0.1) is 6.58 Å². The molecule has 0 saturated carbocycles. The zero-order chi connectivity index (χ0) is 7.82. The Morgan fingerprint density at radius 2 is 2.40 bits per heavy atom. The number of hydrogen-bond donors (Lipinski definition) is 0. The van der Waals surface area contributed by atoms with E-state index in [9.17, 15) is 0 Å². The van der Waals surface area contributed by atoms with Crippen molar-refractivity contribution >= 4 is 0 Å². The van der Waals surface area contributed by atoms with Crippen LogP contribution in [0.5, 0.6) is 0 Å². The maximum absolute atomic E-state index is 8.25. The van der Waals surface area contributed by atoms with Crippen LogP contribution in [0.3, 0.4) is 0 Å². The van der Waals surface area contributed by atoms with Crippen LogP contribution in [0.2, 0.25) is 0 Å². The fourth-order valence-electron chi connectivity index (χ4n) is 0.447. The summed E-state index contributed by atoms with van der Waals surface area (Å²) >= 11 is 0.750. The second-order valence-corrected chi connectivity index (χ2v) is 1.78. The van der Waals surface area contributed by atoms with E-state index >= 15 is 0 Å². The fourth-order valence-corrected chi connectivity index (χ4v) is 0.447. The van der Waals surface area contributed by atoms with E-state index in [2.05, 4.69) is 6.58 Å². The van der Waals surface area contributed by atoms with Crippen LogP contribution in [0.15, 0.2) is 12.7 Å². The molecule has 0 aromatic heterocycles. The van der Waals surface area contributed by atoms with Gasteiger partial charge in [0.15, 0.2) is 0 Å². The summed E-state index contributed by atoms with van der Waals surface area (Å²) in [5.74, 6) is 0. The predicted octanol–water partition coefficient (Wildman–Crippen LogP) is 0.467. The SMILES string of the molecule is C=CCOCC1CO1.[O]=[Ti]. The molecule has 1 atom stereocenters. The molecule has 3 nitrogen and oxygen atoms in total. The Kier molecular flexibility index (Phi) is 7.41. The van der Waals surface area contributed by atoms with Crippen LogP contribution in [0.1, 0.15) is 0 Å². The van der Waals surface area contributed by atoms with Crippen LogP contribution in [0, 0.1) is 0 Å². The molecule has 4 heteroatoms. The molecule has 0 aromatic carbocycles. The van der Waals surface area contributed by atoms with Crippen molar-refractivity contribution in [2.75, 3.05) is 19.8 Å². The quantitative estimate of drug-likeness (QED) is 0.272. The van der Waals surface area contributed by atoms with Gasteiger partial charge in [-0.1, -0.05) is 6.08 Å². The molecule has 1 fully saturated rings. The molecule has 0 radical (unpaired) electrons. The van der Waals surface area contributed by atoms with Crippen molar-refractivity contribution in [1.82, 2.24) is 0 Å². The molecule has 0 spiro atoms.